The zero-order valence-electron chi connectivity index (χ0n) is 5.15. The maximum atomic E-state index is 10.3. The Bertz CT molecular complexity index is 185. The summed E-state index contributed by atoms with van der Waals surface area (Å²) in [6.45, 7) is 0. The molecule has 1 N–H and O–H groups in total. The van der Waals surface area contributed by atoms with Crippen LogP contribution in [0.3, 0.4) is 0 Å². The third-order valence-corrected chi connectivity index (χ3v) is 2.13. The Morgan fingerprint density at radius 2 is 1.91 bits per heavy atom. The Morgan fingerprint density at radius 1 is 1.45 bits per heavy atom. The predicted octanol–water partition coefficient (Wildman–Crippen LogP) is 2.61. The summed E-state index contributed by atoms with van der Waals surface area (Å²) in [4.78, 5) is 10.3. The van der Waals surface area contributed by atoms with Gasteiger partial charge in [0, 0.05) is 11.5 Å². The van der Waals surface area contributed by atoms with Crippen LogP contribution in [0.25, 0.3) is 0 Å². The van der Waals surface area contributed by atoms with Gasteiger partial charge in [-0.05, 0) is 0 Å². The first kappa shape index (κ1) is 11.4. The molecule has 0 saturated heterocycles. The number of alkyl halides is 2. The lowest BCUT2D eigenvalue weighted by atomic mass is 10.2. The first-order valence-corrected chi connectivity index (χ1v) is 4.20. The number of carboxylic acid groups (broad SMARTS) is 1. The van der Waals surface area contributed by atoms with Crippen LogP contribution in [0, 0.1) is 0 Å². The summed E-state index contributed by atoms with van der Waals surface area (Å²) in [5, 5.41) is 7.14. The Balaban J connectivity index is 4.53. The van der Waals surface area contributed by atoms with Gasteiger partial charge < -0.3 is 5.11 Å². The lowest BCUT2D eigenvalue weighted by molar-refractivity contribution is -0.135. The van der Waals surface area contributed by atoms with Crippen molar-refractivity contribution in [1.29, 1.82) is 0 Å². The molecular formula is C5H4Cl4O2. The molecule has 0 spiro atoms. The first-order valence-electron chi connectivity index (χ1n) is 2.47. The molecule has 0 saturated carbocycles. The van der Waals surface area contributed by atoms with Gasteiger partial charge in [0.05, 0.1) is 0 Å². The van der Waals surface area contributed by atoms with Gasteiger partial charge in [-0.1, -0.05) is 23.2 Å². The largest absolute Gasteiger partial charge is 0.480 e. The van der Waals surface area contributed by atoms with Crippen LogP contribution in [0.5, 0.6) is 0 Å². The Kier molecular flexibility index (Phi) is 5.26. The molecule has 0 heterocycles. The SMILES string of the molecule is O=C(O)C(Cl)C(CCl)=C(Cl)Cl. The van der Waals surface area contributed by atoms with Crippen LogP contribution in [-0.4, -0.2) is 22.3 Å². The summed E-state index contributed by atoms with van der Waals surface area (Å²) in [7, 11) is 0. The molecule has 0 amide bonds. The van der Waals surface area contributed by atoms with E-state index in [1.165, 1.54) is 0 Å². The van der Waals surface area contributed by atoms with E-state index in [1.54, 1.807) is 0 Å². The van der Waals surface area contributed by atoms with E-state index in [4.69, 9.17) is 51.5 Å². The van der Waals surface area contributed by atoms with Crippen molar-refractivity contribution < 1.29 is 9.90 Å². The topological polar surface area (TPSA) is 37.3 Å². The van der Waals surface area contributed by atoms with E-state index >= 15 is 0 Å². The first-order chi connectivity index (χ1) is 5.00. The third-order valence-electron chi connectivity index (χ3n) is 0.909. The highest BCUT2D eigenvalue weighted by molar-refractivity contribution is 6.57. The molecular weight excluding hydrogens is 234 g/mol. The number of aliphatic carboxylic acids is 1. The van der Waals surface area contributed by atoms with Gasteiger partial charge in [-0.3, -0.25) is 4.79 Å². The van der Waals surface area contributed by atoms with E-state index in [1.807, 2.05) is 0 Å². The van der Waals surface area contributed by atoms with E-state index in [0.29, 0.717) is 0 Å². The Hall–Kier alpha value is 0.370. The van der Waals surface area contributed by atoms with Crippen LogP contribution < -0.4 is 0 Å². The minimum Gasteiger partial charge on any atom is -0.480 e. The number of carboxylic acids is 1. The highest BCUT2D eigenvalue weighted by Gasteiger charge is 2.20. The van der Waals surface area contributed by atoms with Crippen LogP contribution >= 0.6 is 46.4 Å². The Morgan fingerprint density at radius 3 is 2.00 bits per heavy atom. The number of halogens is 4. The van der Waals surface area contributed by atoms with E-state index in [-0.39, 0.29) is 15.9 Å². The summed E-state index contributed by atoms with van der Waals surface area (Å²) in [6, 6.07) is 0. The minimum absolute atomic E-state index is 0.0944. The van der Waals surface area contributed by atoms with Crippen LogP contribution in [0.15, 0.2) is 10.1 Å². The van der Waals surface area contributed by atoms with Crippen molar-refractivity contribution in [2.75, 3.05) is 5.88 Å². The quantitative estimate of drug-likeness (QED) is 0.767. The molecule has 0 aliphatic rings. The van der Waals surface area contributed by atoms with E-state index < -0.39 is 11.3 Å². The second-order valence-corrected chi connectivity index (χ2v) is 3.27. The zero-order chi connectivity index (χ0) is 9.02. The summed E-state index contributed by atoms with van der Waals surface area (Å²) in [6.07, 6.45) is 0. The highest BCUT2D eigenvalue weighted by Crippen LogP contribution is 2.22. The van der Waals surface area contributed by atoms with Gasteiger partial charge in [-0.25, -0.2) is 0 Å². The zero-order valence-corrected chi connectivity index (χ0v) is 8.18. The van der Waals surface area contributed by atoms with Gasteiger partial charge >= 0.3 is 5.97 Å². The standard InChI is InChI=1S/C5H4Cl4O2/c6-1-2(4(8)9)3(7)5(10)11/h3H,1H2,(H,10,11). The smallest absolute Gasteiger partial charge is 0.326 e. The van der Waals surface area contributed by atoms with Gasteiger partial charge in [0.2, 0.25) is 0 Å². The average Bonchev–Trinajstić information content (AvgIpc) is 1.88. The van der Waals surface area contributed by atoms with Crippen LogP contribution in [0.1, 0.15) is 0 Å². The maximum Gasteiger partial charge on any atom is 0.326 e. The van der Waals surface area contributed by atoms with Crippen LogP contribution in [-0.2, 0) is 4.79 Å². The molecule has 0 bridgehead atoms. The van der Waals surface area contributed by atoms with Crippen LogP contribution in [0.2, 0.25) is 0 Å². The number of hydrogen-bond acceptors (Lipinski definition) is 1. The Labute approximate surface area is 83.7 Å². The van der Waals surface area contributed by atoms with Crippen molar-refractivity contribution in [3.63, 3.8) is 0 Å². The molecule has 0 aromatic carbocycles. The second kappa shape index (κ2) is 5.09. The summed E-state index contributed by atoms with van der Waals surface area (Å²) in [5.41, 5.74) is 0.101. The van der Waals surface area contributed by atoms with Crippen molar-refractivity contribution in [3.8, 4) is 0 Å². The third kappa shape index (κ3) is 3.52. The normalized spacial score (nSPS) is 12.4. The monoisotopic (exact) mass is 236 g/mol. The van der Waals surface area contributed by atoms with Gasteiger partial charge in [-0.2, -0.15) is 0 Å². The lowest BCUT2D eigenvalue weighted by Gasteiger charge is -2.05. The van der Waals surface area contributed by atoms with Gasteiger partial charge in [0.25, 0.3) is 0 Å². The lowest BCUT2D eigenvalue weighted by Crippen LogP contribution is -2.17. The van der Waals surface area contributed by atoms with Crippen LogP contribution in [0.4, 0.5) is 0 Å². The fourth-order valence-corrected chi connectivity index (χ4v) is 1.52. The molecule has 1 unspecified atom stereocenters. The molecule has 0 rings (SSSR count). The van der Waals surface area contributed by atoms with Crippen molar-refractivity contribution in [1.82, 2.24) is 0 Å². The number of rotatable bonds is 3. The fourth-order valence-electron chi connectivity index (χ4n) is 0.363. The summed E-state index contributed by atoms with van der Waals surface area (Å²) < 4.78 is -0.192. The van der Waals surface area contributed by atoms with E-state index in [9.17, 15) is 4.79 Å². The summed E-state index contributed by atoms with van der Waals surface area (Å²) >= 11 is 21.3. The summed E-state index contributed by atoms with van der Waals surface area (Å²) in [5.74, 6) is -1.32. The fraction of sp³-hybridized carbons (Fsp3) is 0.400. The molecule has 11 heavy (non-hydrogen) atoms. The molecule has 0 aliphatic heterocycles. The molecule has 0 aromatic rings. The van der Waals surface area contributed by atoms with Crippen molar-refractivity contribution in [2.24, 2.45) is 0 Å². The van der Waals surface area contributed by atoms with Gasteiger partial charge in [-0.15, -0.1) is 23.2 Å². The van der Waals surface area contributed by atoms with Crippen molar-refractivity contribution in [3.05, 3.63) is 10.1 Å². The van der Waals surface area contributed by atoms with Crippen molar-refractivity contribution in [2.45, 2.75) is 5.38 Å². The molecule has 0 fully saturated rings. The number of carbonyl (C=O) groups is 1. The average molecular weight is 238 g/mol. The minimum atomic E-state index is -1.25. The molecule has 1 atom stereocenters. The molecule has 6 heteroatoms. The highest BCUT2D eigenvalue weighted by atomic mass is 35.5. The maximum absolute atomic E-state index is 10.3. The van der Waals surface area contributed by atoms with Gasteiger partial charge in [0.1, 0.15) is 4.49 Å². The van der Waals surface area contributed by atoms with E-state index in [2.05, 4.69) is 0 Å². The molecule has 2 nitrogen and oxygen atoms in total. The molecule has 64 valence electrons. The van der Waals surface area contributed by atoms with E-state index in [0.717, 1.165) is 0 Å². The second-order valence-electron chi connectivity index (χ2n) is 1.62. The van der Waals surface area contributed by atoms with Gasteiger partial charge in [0.15, 0.2) is 5.38 Å². The predicted molar refractivity (Wildman–Crippen MR) is 46.7 cm³/mol. The number of hydrogen-bond donors (Lipinski definition) is 1. The molecule has 0 aliphatic carbocycles. The van der Waals surface area contributed by atoms with Crippen molar-refractivity contribution >= 4 is 52.4 Å². The molecule has 0 radical (unpaired) electrons. The molecule has 0 aromatic heterocycles.